The van der Waals surface area contributed by atoms with Crippen molar-refractivity contribution in [3.05, 3.63) is 22.3 Å². The predicted octanol–water partition coefficient (Wildman–Crippen LogP) is 1.70. The standard InChI is InChI=1S/C20H28N2O4/c1-10-18(11(2-12-6-23-12)3-13-7-24-13)16(4-14-8-25-14)17(5-15-9-26-15)20(22)19(10)21/h11-15H,2-9,21-22H2,1H3. The van der Waals surface area contributed by atoms with Gasteiger partial charge in [-0.3, -0.25) is 0 Å². The van der Waals surface area contributed by atoms with E-state index in [1.165, 1.54) is 16.7 Å². The number of ether oxygens (including phenoxy) is 4. The Morgan fingerprint density at radius 3 is 1.69 bits per heavy atom. The molecule has 0 aliphatic carbocycles. The van der Waals surface area contributed by atoms with Crippen molar-refractivity contribution in [2.75, 3.05) is 37.9 Å². The van der Waals surface area contributed by atoms with E-state index >= 15 is 0 Å². The van der Waals surface area contributed by atoms with E-state index in [1.807, 2.05) is 0 Å². The first-order valence-corrected chi connectivity index (χ1v) is 9.75. The van der Waals surface area contributed by atoms with Crippen LogP contribution in [0.3, 0.4) is 0 Å². The van der Waals surface area contributed by atoms with Crippen molar-refractivity contribution >= 4 is 11.4 Å². The Kier molecular flexibility index (Phi) is 4.12. The van der Waals surface area contributed by atoms with Gasteiger partial charge in [-0.1, -0.05) is 0 Å². The quantitative estimate of drug-likeness (QED) is 0.513. The van der Waals surface area contributed by atoms with Crippen LogP contribution in [-0.4, -0.2) is 50.8 Å². The number of hydrogen-bond donors (Lipinski definition) is 2. The molecule has 0 radical (unpaired) electrons. The normalized spacial score (nSPS) is 32.3. The summed E-state index contributed by atoms with van der Waals surface area (Å²) in [6.07, 6.45) is 5.15. The second kappa shape index (κ2) is 6.37. The van der Waals surface area contributed by atoms with Gasteiger partial charge < -0.3 is 30.4 Å². The van der Waals surface area contributed by atoms with Crippen molar-refractivity contribution in [1.82, 2.24) is 0 Å². The van der Waals surface area contributed by atoms with Gasteiger partial charge >= 0.3 is 0 Å². The minimum Gasteiger partial charge on any atom is -0.397 e. The average molecular weight is 360 g/mol. The van der Waals surface area contributed by atoms with Crippen molar-refractivity contribution in [3.8, 4) is 0 Å². The Bertz CT molecular complexity index is 692. The van der Waals surface area contributed by atoms with Crippen LogP contribution in [0.5, 0.6) is 0 Å². The molecule has 0 amide bonds. The number of anilines is 2. The zero-order valence-electron chi connectivity index (χ0n) is 15.3. The fourth-order valence-electron chi connectivity index (χ4n) is 4.28. The van der Waals surface area contributed by atoms with Crippen LogP contribution in [0.1, 0.15) is 41.0 Å². The number of benzene rings is 1. The predicted molar refractivity (Wildman–Crippen MR) is 98.3 cm³/mol. The monoisotopic (exact) mass is 360 g/mol. The van der Waals surface area contributed by atoms with E-state index < -0.39 is 0 Å². The second-order valence-electron chi connectivity index (χ2n) is 8.22. The maximum absolute atomic E-state index is 6.48. The minimum atomic E-state index is 0.281. The van der Waals surface area contributed by atoms with Crippen LogP contribution in [0.4, 0.5) is 11.4 Å². The zero-order chi connectivity index (χ0) is 17.8. The molecule has 6 heteroatoms. The molecule has 1 aromatic carbocycles. The van der Waals surface area contributed by atoms with Gasteiger partial charge in [0.05, 0.1) is 62.2 Å². The Morgan fingerprint density at radius 1 is 0.769 bits per heavy atom. The van der Waals surface area contributed by atoms with Crippen molar-refractivity contribution in [3.63, 3.8) is 0 Å². The maximum atomic E-state index is 6.48. The zero-order valence-corrected chi connectivity index (χ0v) is 15.3. The highest BCUT2D eigenvalue weighted by Crippen LogP contribution is 2.44. The molecular weight excluding hydrogens is 332 g/mol. The molecule has 26 heavy (non-hydrogen) atoms. The SMILES string of the molecule is Cc1c(N)c(N)c(CC2CO2)c(CC2CO2)c1C(CC1CO1)CC1CO1. The third kappa shape index (κ3) is 3.56. The molecule has 1 aromatic rings. The second-order valence-corrected chi connectivity index (χ2v) is 8.22. The molecule has 5 rings (SSSR count). The molecule has 4 atom stereocenters. The van der Waals surface area contributed by atoms with Gasteiger partial charge in [-0.05, 0) is 47.9 Å². The third-order valence-electron chi connectivity index (χ3n) is 6.09. The van der Waals surface area contributed by atoms with E-state index in [0.29, 0.717) is 24.2 Å². The smallest absolute Gasteiger partial charge is 0.0851 e. The molecule has 4 aliphatic heterocycles. The lowest BCUT2D eigenvalue weighted by Gasteiger charge is -2.27. The van der Waals surface area contributed by atoms with E-state index in [1.54, 1.807) is 0 Å². The van der Waals surface area contributed by atoms with Gasteiger partial charge in [0, 0.05) is 12.8 Å². The van der Waals surface area contributed by atoms with E-state index in [9.17, 15) is 0 Å². The summed E-state index contributed by atoms with van der Waals surface area (Å²) in [5.74, 6) is 0.394. The van der Waals surface area contributed by atoms with E-state index in [0.717, 1.165) is 69.0 Å². The van der Waals surface area contributed by atoms with Crippen molar-refractivity contribution in [2.24, 2.45) is 0 Å². The van der Waals surface area contributed by atoms with E-state index in [4.69, 9.17) is 30.4 Å². The molecule has 4 heterocycles. The molecule has 0 spiro atoms. The molecule has 4 aliphatic rings. The summed E-state index contributed by atoms with van der Waals surface area (Å²) in [6, 6.07) is 0. The number of rotatable bonds is 9. The maximum Gasteiger partial charge on any atom is 0.0851 e. The number of nitrogen functional groups attached to an aromatic ring is 2. The summed E-state index contributed by atoms with van der Waals surface area (Å²) in [4.78, 5) is 0. The Balaban J connectivity index is 1.58. The fraction of sp³-hybridized carbons (Fsp3) is 0.700. The number of epoxide rings is 4. The minimum absolute atomic E-state index is 0.281. The van der Waals surface area contributed by atoms with Gasteiger partial charge in [0.2, 0.25) is 0 Å². The summed E-state index contributed by atoms with van der Waals surface area (Å²) < 4.78 is 22.2. The van der Waals surface area contributed by atoms with Crippen LogP contribution in [0.15, 0.2) is 0 Å². The first-order chi connectivity index (χ1) is 12.6. The Labute approximate surface area is 154 Å². The Hall–Kier alpha value is -1.34. The van der Waals surface area contributed by atoms with Gasteiger partial charge in [0.25, 0.3) is 0 Å². The number of hydrogen-bond acceptors (Lipinski definition) is 6. The van der Waals surface area contributed by atoms with Crippen LogP contribution in [-0.2, 0) is 31.8 Å². The highest BCUT2D eigenvalue weighted by molar-refractivity contribution is 5.76. The summed E-state index contributed by atoms with van der Waals surface area (Å²) in [5.41, 5.74) is 19.4. The van der Waals surface area contributed by atoms with E-state index in [2.05, 4.69) is 6.92 Å². The van der Waals surface area contributed by atoms with Crippen LogP contribution >= 0.6 is 0 Å². The molecule has 0 bridgehead atoms. The molecule has 0 aromatic heterocycles. The molecular formula is C20H28N2O4. The molecule has 4 unspecified atom stereocenters. The lowest BCUT2D eigenvalue weighted by atomic mass is 9.79. The van der Waals surface area contributed by atoms with Crippen LogP contribution in [0.25, 0.3) is 0 Å². The van der Waals surface area contributed by atoms with Crippen molar-refractivity contribution in [1.29, 1.82) is 0 Å². The van der Waals surface area contributed by atoms with Gasteiger partial charge in [-0.25, -0.2) is 0 Å². The van der Waals surface area contributed by atoms with Crippen molar-refractivity contribution in [2.45, 2.75) is 62.9 Å². The van der Waals surface area contributed by atoms with Crippen LogP contribution in [0.2, 0.25) is 0 Å². The van der Waals surface area contributed by atoms with E-state index in [-0.39, 0.29) is 6.10 Å². The molecule has 0 saturated carbocycles. The first-order valence-electron chi connectivity index (χ1n) is 9.75. The van der Waals surface area contributed by atoms with Gasteiger partial charge in [0.1, 0.15) is 0 Å². The van der Waals surface area contributed by atoms with Crippen LogP contribution in [0, 0.1) is 6.92 Å². The number of nitrogens with two attached hydrogens (primary N) is 2. The average Bonchev–Trinajstić information content (AvgIpc) is 3.45. The summed E-state index contributed by atoms with van der Waals surface area (Å²) in [6.45, 7) is 5.51. The summed E-state index contributed by atoms with van der Waals surface area (Å²) in [5, 5.41) is 0. The molecule has 4 saturated heterocycles. The summed E-state index contributed by atoms with van der Waals surface area (Å²) in [7, 11) is 0. The summed E-state index contributed by atoms with van der Waals surface area (Å²) >= 11 is 0. The molecule has 142 valence electrons. The molecule has 4 fully saturated rings. The molecule has 6 nitrogen and oxygen atoms in total. The first kappa shape index (κ1) is 16.8. The highest BCUT2D eigenvalue weighted by atomic mass is 16.6. The van der Waals surface area contributed by atoms with Gasteiger partial charge in [0.15, 0.2) is 0 Å². The lowest BCUT2D eigenvalue weighted by Crippen LogP contribution is -2.18. The van der Waals surface area contributed by atoms with Crippen LogP contribution < -0.4 is 11.5 Å². The Morgan fingerprint density at radius 2 is 1.23 bits per heavy atom. The lowest BCUT2D eigenvalue weighted by molar-refractivity contribution is 0.343. The molecule has 4 N–H and O–H groups in total. The largest absolute Gasteiger partial charge is 0.397 e. The van der Waals surface area contributed by atoms with Gasteiger partial charge in [-0.2, -0.15) is 0 Å². The van der Waals surface area contributed by atoms with Crippen molar-refractivity contribution < 1.29 is 18.9 Å². The topological polar surface area (TPSA) is 102 Å². The third-order valence-corrected chi connectivity index (χ3v) is 6.09. The highest BCUT2D eigenvalue weighted by Gasteiger charge is 2.38. The fourth-order valence-corrected chi connectivity index (χ4v) is 4.28. The van der Waals surface area contributed by atoms with Gasteiger partial charge in [-0.15, -0.1) is 0 Å².